The van der Waals surface area contributed by atoms with Gasteiger partial charge in [0.25, 0.3) is 0 Å². The van der Waals surface area contributed by atoms with E-state index in [1.54, 1.807) is 6.92 Å². The van der Waals surface area contributed by atoms with E-state index < -0.39 is 0 Å². The second-order valence-corrected chi connectivity index (χ2v) is 0.316. The van der Waals surface area contributed by atoms with Gasteiger partial charge in [0.05, 0.1) is 0 Å². The molecule has 0 unspecified atom stereocenters. The number of rotatable bonds is 0. The van der Waals surface area contributed by atoms with Gasteiger partial charge in [-0.25, -0.2) is 0 Å². The van der Waals surface area contributed by atoms with E-state index in [1.807, 2.05) is 0 Å². The molecular weight excluding hydrogens is 247 g/mol. The van der Waals surface area contributed by atoms with Crippen molar-refractivity contribution in [3.8, 4) is 0 Å². The van der Waals surface area contributed by atoms with Gasteiger partial charge < -0.3 is 5.11 Å². The average Bonchev–Trinajstić information content (AvgIpc) is 0.918. The van der Waals surface area contributed by atoms with Crippen LogP contribution in [0, 0.1) is 0 Å². The van der Waals surface area contributed by atoms with Crippen LogP contribution in [0.25, 0.3) is 0 Å². The summed E-state index contributed by atoms with van der Waals surface area (Å²) in [5.74, 6) is 0. The second-order valence-electron chi connectivity index (χ2n) is 0.316. The Labute approximate surface area is 46.2 Å². The topological polar surface area (TPSA) is 20.2 Å². The molecule has 26 valence electrons. The zero-order valence-corrected chi connectivity index (χ0v) is 8.36. The summed E-state index contributed by atoms with van der Waals surface area (Å²) >= 11 is 0. The SMILES string of the molecule is CCO.[PbH2]. The van der Waals surface area contributed by atoms with Crippen molar-refractivity contribution in [1.29, 1.82) is 0 Å². The van der Waals surface area contributed by atoms with Crippen molar-refractivity contribution in [3.05, 3.63) is 0 Å². The second kappa shape index (κ2) is 9.10. The molecule has 0 aromatic heterocycles. The van der Waals surface area contributed by atoms with E-state index >= 15 is 0 Å². The first-order valence-corrected chi connectivity index (χ1v) is 1.02. The first-order chi connectivity index (χ1) is 1.41. The van der Waals surface area contributed by atoms with Crippen LogP contribution in [-0.2, 0) is 0 Å². The van der Waals surface area contributed by atoms with Gasteiger partial charge in [-0.3, -0.25) is 0 Å². The van der Waals surface area contributed by atoms with Crippen LogP contribution in [0.5, 0.6) is 0 Å². The fourth-order valence-corrected chi connectivity index (χ4v) is 0. The third-order valence-electron chi connectivity index (χ3n) is 0. The summed E-state index contributed by atoms with van der Waals surface area (Å²) in [4.78, 5) is 0. The fraction of sp³-hybridized carbons (Fsp3) is 1.00. The predicted molar refractivity (Wildman–Crippen MR) is 21.3 cm³/mol. The summed E-state index contributed by atoms with van der Waals surface area (Å²) in [7, 11) is 0. The quantitative estimate of drug-likeness (QED) is 0.555. The Hall–Kier alpha value is 0.882. The van der Waals surface area contributed by atoms with Crippen LogP contribution in [0.4, 0.5) is 0 Å². The van der Waals surface area contributed by atoms with Crippen LogP contribution in [0.3, 0.4) is 0 Å². The van der Waals surface area contributed by atoms with E-state index in [1.165, 1.54) is 0 Å². The molecule has 0 rings (SSSR count). The Morgan fingerprint density at radius 1 is 1.75 bits per heavy atom. The van der Waals surface area contributed by atoms with E-state index in [4.69, 9.17) is 5.11 Å². The van der Waals surface area contributed by atoms with Gasteiger partial charge in [-0.05, 0) is 6.92 Å². The molecule has 1 N–H and O–H groups in total. The van der Waals surface area contributed by atoms with Gasteiger partial charge >= 0.3 is 27.3 Å². The van der Waals surface area contributed by atoms with Crippen LogP contribution in [0.2, 0.25) is 0 Å². The van der Waals surface area contributed by atoms with E-state index in [2.05, 4.69) is 0 Å². The summed E-state index contributed by atoms with van der Waals surface area (Å²) < 4.78 is 0. The third-order valence-corrected chi connectivity index (χ3v) is 0. The normalized spacial score (nSPS) is 4.50. The zero-order valence-electron chi connectivity index (χ0n) is 2.86. The Morgan fingerprint density at radius 3 is 1.75 bits per heavy atom. The number of hydrogen-bond acceptors (Lipinski definition) is 1. The first-order valence-electron chi connectivity index (χ1n) is 1.02. The van der Waals surface area contributed by atoms with Crippen LogP contribution in [-0.4, -0.2) is 39.0 Å². The van der Waals surface area contributed by atoms with Crippen molar-refractivity contribution in [1.82, 2.24) is 0 Å². The van der Waals surface area contributed by atoms with Gasteiger partial charge in [-0.1, -0.05) is 0 Å². The van der Waals surface area contributed by atoms with Crippen molar-refractivity contribution < 1.29 is 5.11 Å². The molecular formula is C2H8OPb. The molecule has 0 bridgehead atoms. The first kappa shape index (κ1) is 8.86. The van der Waals surface area contributed by atoms with Gasteiger partial charge in [0.2, 0.25) is 0 Å². The predicted octanol–water partition coefficient (Wildman–Crippen LogP) is -0.918. The molecule has 2 radical (unpaired) electrons. The molecule has 0 heterocycles. The van der Waals surface area contributed by atoms with Crippen molar-refractivity contribution >= 4 is 27.3 Å². The Kier molecular flexibility index (Phi) is 20.2. The summed E-state index contributed by atoms with van der Waals surface area (Å²) in [5, 5.41) is 7.57. The van der Waals surface area contributed by atoms with Gasteiger partial charge in [-0.15, -0.1) is 0 Å². The van der Waals surface area contributed by atoms with E-state index in [0.29, 0.717) is 0 Å². The van der Waals surface area contributed by atoms with Crippen LogP contribution in [0.15, 0.2) is 0 Å². The van der Waals surface area contributed by atoms with Gasteiger partial charge in [0.1, 0.15) is 0 Å². The standard InChI is InChI=1S/C2H6O.Pb.2H/c1-2-3;;;/h3H,2H2,1H3;;;. The summed E-state index contributed by atoms with van der Waals surface area (Å²) in [6, 6.07) is 0. The molecule has 0 spiro atoms. The van der Waals surface area contributed by atoms with E-state index in [9.17, 15) is 0 Å². The van der Waals surface area contributed by atoms with Crippen LogP contribution in [0.1, 0.15) is 6.92 Å². The number of aliphatic hydroxyl groups excluding tert-OH is 1. The third kappa shape index (κ3) is 13.1. The molecule has 0 aromatic rings. The van der Waals surface area contributed by atoms with Crippen LogP contribution < -0.4 is 0 Å². The Bertz CT molecular complexity index is 6.00. The van der Waals surface area contributed by atoms with Crippen molar-refractivity contribution in [2.75, 3.05) is 6.61 Å². The van der Waals surface area contributed by atoms with Crippen molar-refractivity contribution in [2.45, 2.75) is 6.92 Å². The molecule has 0 saturated heterocycles. The average molecular weight is 255 g/mol. The molecule has 1 nitrogen and oxygen atoms in total. The number of aliphatic hydroxyl groups is 1. The molecule has 0 amide bonds. The molecule has 0 aromatic carbocycles. The Balaban J connectivity index is 0. The summed E-state index contributed by atoms with van der Waals surface area (Å²) in [6.45, 7) is 1.93. The van der Waals surface area contributed by atoms with Crippen molar-refractivity contribution in [3.63, 3.8) is 0 Å². The number of hydrogen-bond donors (Lipinski definition) is 1. The molecule has 0 saturated carbocycles. The van der Waals surface area contributed by atoms with Crippen molar-refractivity contribution in [2.24, 2.45) is 0 Å². The Morgan fingerprint density at radius 2 is 1.75 bits per heavy atom. The van der Waals surface area contributed by atoms with E-state index in [-0.39, 0.29) is 33.9 Å². The maximum absolute atomic E-state index is 7.57. The fourth-order valence-electron chi connectivity index (χ4n) is 0. The monoisotopic (exact) mass is 256 g/mol. The summed E-state index contributed by atoms with van der Waals surface area (Å²) in [6.07, 6.45) is 0. The van der Waals surface area contributed by atoms with Gasteiger partial charge in [0, 0.05) is 6.61 Å². The minimum absolute atomic E-state index is 0. The molecule has 2 heteroatoms. The molecule has 4 heavy (non-hydrogen) atoms. The molecule has 0 aliphatic heterocycles. The van der Waals surface area contributed by atoms with Gasteiger partial charge in [0.15, 0.2) is 0 Å². The van der Waals surface area contributed by atoms with Gasteiger partial charge in [-0.2, -0.15) is 0 Å². The maximum atomic E-state index is 7.57. The summed E-state index contributed by atoms with van der Waals surface area (Å²) in [5.41, 5.74) is 0. The zero-order chi connectivity index (χ0) is 2.71. The molecule has 0 aliphatic rings. The molecule has 0 fully saturated rings. The minimum atomic E-state index is 0. The molecule has 0 atom stereocenters. The van der Waals surface area contributed by atoms with E-state index in [0.717, 1.165) is 0 Å². The molecule has 0 aliphatic carbocycles. The van der Waals surface area contributed by atoms with Crippen LogP contribution >= 0.6 is 0 Å².